The second-order valence-electron chi connectivity index (χ2n) is 3.85. The van der Waals surface area contributed by atoms with E-state index in [-0.39, 0.29) is 6.10 Å². The predicted octanol–water partition coefficient (Wildman–Crippen LogP) is 3.59. The van der Waals surface area contributed by atoms with E-state index in [1.54, 1.807) is 11.3 Å². The summed E-state index contributed by atoms with van der Waals surface area (Å²) >= 11 is 1.70. The van der Waals surface area contributed by atoms with Crippen molar-refractivity contribution in [3.8, 4) is 0 Å². The first-order valence-electron chi connectivity index (χ1n) is 5.59. The molecule has 0 aliphatic heterocycles. The molecule has 1 heterocycles. The number of thiophene rings is 1. The Labute approximate surface area is 100 Å². The summed E-state index contributed by atoms with van der Waals surface area (Å²) in [5.74, 6) is 0. The molecule has 0 radical (unpaired) electrons. The predicted molar refractivity (Wildman–Crippen MR) is 68.8 cm³/mol. The summed E-state index contributed by atoms with van der Waals surface area (Å²) in [5.41, 5.74) is 2.31. The van der Waals surface area contributed by atoms with Crippen LogP contribution in [-0.2, 0) is 12.8 Å². The molecule has 0 aliphatic carbocycles. The van der Waals surface area contributed by atoms with Gasteiger partial charge in [0.25, 0.3) is 0 Å². The summed E-state index contributed by atoms with van der Waals surface area (Å²) in [6.07, 6.45) is 1.31. The molecule has 1 unspecified atom stereocenters. The average Bonchev–Trinajstić information content (AvgIpc) is 2.81. The van der Waals surface area contributed by atoms with Crippen LogP contribution in [0.25, 0.3) is 0 Å². The molecule has 0 spiro atoms. The lowest BCUT2D eigenvalue weighted by molar-refractivity contribution is 0.178. The first kappa shape index (κ1) is 11.4. The smallest absolute Gasteiger partial charge is 0.0840 e. The molecule has 2 aromatic rings. The maximum atomic E-state index is 10.2. The minimum Gasteiger partial charge on any atom is -0.388 e. The highest BCUT2D eigenvalue weighted by Gasteiger charge is 2.11. The van der Waals surface area contributed by atoms with E-state index in [9.17, 15) is 5.11 Å². The molecule has 16 heavy (non-hydrogen) atoms. The van der Waals surface area contributed by atoms with E-state index in [1.165, 1.54) is 10.4 Å². The minimum atomic E-state index is -0.380. The van der Waals surface area contributed by atoms with Crippen LogP contribution in [0.4, 0.5) is 0 Å². The molecule has 2 heteroatoms. The van der Waals surface area contributed by atoms with Crippen molar-refractivity contribution in [2.75, 3.05) is 0 Å². The highest BCUT2D eigenvalue weighted by molar-refractivity contribution is 7.09. The Kier molecular flexibility index (Phi) is 3.75. The lowest BCUT2D eigenvalue weighted by atomic mass is 9.98. The standard InChI is InChI=1S/C14H16OS/c1-2-11-6-3-4-8-13(11)14(15)10-12-7-5-9-16-12/h3-9,14-15H,2,10H2,1H3. The molecule has 0 bridgehead atoms. The molecule has 1 N–H and O–H groups in total. The SMILES string of the molecule is CCc1ccccc1C(O)Cc1cccs1. The fraction of sp³-hybridized carbons (Fsp3) is 0.286. The summed E-state index contributed by atoms with van der Waals surface area (Å²) in [4.78, 5) is 1.23. The lowest BCUT2D eigenvalue weighted by Gasteiger charge is -2.13. The van der Waals surface area contributed by atoms with E-state index in [4.69, 9.17) is 0 Å². The Morgan fingerprint density at radius 1 is 1.19 bits per heavy atom. The Hall–Kier alpha value is -1.12. The van der Waals surface area contributed by atoms with Crippen molar-refractivity contribution in [2.24, 2.45) is 0 Å². The van der Waals surface area contributed by atoms with Crippen LogP contribution in [0.1, 0.15) is 29.0 Å². The highest BCUT2D eigenvalue weighted by Crippen LogP contribution is 2.24. The number of aliphatic hydroxyl groups excluding tert-OH is 1. The number of rotatable bonds is 4. The van der Waals surface area contributed by atoms with E-state index in [1.807, 2.05) is 29.6 Å². The number of hydrogen-bond acceptors (Lipinski definition) is 2. The van der Waals surface area contributed by atoms with Crippen LogP contribution in [0.2, 0.25) is 0 Å². The first-order valence-corrected chi connectivity index (χ1v) is 6.47. The van der Waals surface area contributed by atoms with Crippen LogP contribution in [0.5, 0.6) is 0 Å². The molecule has 1 atom stereocenters. The third kappa shape index (κ3) is 2.52. The van der Waals surface area contributed by atoms with Crippen LogP contribution >= 0.6 is 11.3 Å². The van der Waals surface area contributed by atoms with Gasteiger partial charge in [-0.25, -0.2) is 0 Å². The molecule has 0 fully saturated rings. The molecule has 0 amide bonds. The molecule has 0 aliphatic rings. The van der Waals surface area contributed by atoms with Gasteiger partial charge in [0.05, 0.1) is 6.10 Å². The van der Waals surface area contributed by atoms with E-state index >= 15 is 0 Å². The van der Waals surface area contributed by atoms with Gasteiger partial charge in [0, 0.05) is 11.3 Å². The fourth-order valence-electron chi connectivity index (χ4n) is 1.91. The largest absolute Gasteiger partial charge is 0.388 e. The molecular formula is C14H16OS. The van der Waals surface area contributed by atoms with Crippen molar-refractivity contribution in [1.82, 2.24) is 0 Å². The number of aliphatic hydroxyl groups is 1. The lowest BCUT2D eigenvalue weighted by Crippen LogP contribution is -2.03. The molecular weight excluding hydrogens is 216 g/mol. The average molecular weight is 232 g/mol. The Bertz CT molecular complexity index is 434. The first-order chi connectivity index (χ1) is 7.81. The van der Waals surface area contributed by atoms with Gasteiger partial charge >= 0.3 is 0 Å². The maximum Gasteiger partial charge on any atom is 0.0840 e. The zero-order valence-electron chi connectivity index (χ0n) is 9.39. The molecule has 2 rings (SSSR count). The van der Waals surface area contributed by atoms with Crippen molar-refractivity contribution >= 4 is 11.3 Å². The molecule has 1 nitrogen and oxygen atoms in total. The van der Waals surface area contributed by atoms with E-state index in [2.05, 4.69) is 19.1 Å². The van der Waals surface area contributed by atoms with Gasteiger partial charge in [-0.3, -0.25) is 0 Å². The van der Waals surface area contributed by atoms with E-state index in [0.29, 0.717) is 6.42 Å². The zero-order valence-corrected chi connectivity index (χ0v) is 10.2. The van der Waals surface area contributed by atoms with Gasteiger partial charge in [0.2, 0.25) is 0 Å². The van der Waals surface area contributed by atoms with Crippen LogP contribution in [-0.4, -0.2) is 5.11 Å². The van der Waals surface area contributed by atoms with Gasteiger partial charge in [0.1, 0.15) is 0 Å². The minimum absolute atomic E-state index is 0.380. The second kappa shape index (κ2) is 5.28. The van der Waals surface area contributed by atoms with Gasteiger partial charge < -0.3 is 5.11 Å². The third-order valence-electron chi connectivity index (χ3n) is 2.77. The van der Waals surface area contributed by atoms with Crippen molar-refractivity contribution in [2.45, 2.75) is 25.9 Å². The number of hydrogen-bond donors (Lipinski definition) is 1. The summed E-state index contributed by atoms with van der Waals surface area (Å²) in [6, 6.07) is 12.2. The number of benzene rings is 1. The van der Waals surface area contributed by atoms with Gasteiger partial charge in [-0.1, -0.05) is 37.3 Å². The van der Waals surface area contributed by atoms with Crippen molar-refractivity contribution in [3.63, 3.8) is 0 Å². The Morgan fingerprint density at radius 3 is 2.69 bits per heavy atom. The summed E-state index contributed by atoms with van der Waals surface area (Å²) < 4.78 is 0. The van der Waals surface area contributed by atoms with Crippen LogP contribution < -0.4 is 0 Å². The third-order valence-corrected chi connectivity index (χ3v) is 3.67. The van der Waals surface area contributed by atoms with Crippen molar-refractivity contribution in [3.05, 3.63) is 57.8 Å². The quantitative estimate of drug-likeness (QED) is 0.854. The van der Waals surface area contributed by atoms with E-state index < -0.39 is 0 Å². The maximum absolute atomic E-state index is 10.2. The van der Waals surface area contributed by atoms with E-state index in [0.717, 1.165) is 12.0 Å². The summed E-state index contributed by atoms with van der Waals surface area (Å²) in [7, 11) is 0. The second-order valence-corrected chi connectivity index (χ2v) is 4.88. The molecule has 84 valence electrons. The topological polar surface area (TPSA) is 20.2 Å². The van der Waals surface area contributed by atoms with Crippen LogP contribution in [0.3, 0.4) is 0 Å². The van der Waals surface area contributed by atoms with Crippen LogP contribution in [0, 0.1) is 0 Å². The molecule has 1 aromatic heterocycles. The van der Waals surface area contributed by atoms with Gasteiger partial charge in [-0.05, 0) is 29.0 Å². The van der Waals surface area contributed by atoms with Crippen molar-refractivity contribution < 1.29 is 5.11 Å². The van der Waals surface area contributed by atoms with Gasteiger partial charge in [-0.2, -0.15) is 0 Å². The summed E-state index contributed by atoms with van der Waals surface area (Å²) in [6.45, 7) is 2.12. The Morgan fingerprint density at radius 2 is 2.00 bits per heavy atom. The number of aryl methyl sites for hydroxylation is 1. The molecule has 0 saturated carbocycles. The van der Waals surface area contributed by atoms with Crippen molar-refractivity contribution in [1.29, 1.82) is 0 Å². The zero-order chi connectivity index (χ0) is 11.4. The molecule has 0 saturated heterocycles. The normalized spacial score (nSPS) is 12.6. The summed E-state index contributed by atoms with van der Waals surface area (Å²) in [5, 5.41) is 12.3. The van der Waals surface area contributed by atoms with Gasteiger partial charge in [-0.15, -0.1) is 11.3 Å². The Balaban J connectivity index is 2.17. The monoisotopic (exact) mass is 232 g/mol. The fourth-order valence-corrected chi connectivity index (χ4v) is 2.65. The van der Waals surface area contributed by atoms with Gasteiger partial charge in [0.15, 0.2) is 0 Å². The molecule has 1 aromatic carbocycles. The van der Waals surface area contributed by atoms with Crippen LogP contribution in [0.15, 0.2) is 41.8 Å². The highest BCUT2D eigenvalue weighted by atomic mass is 32.1.